The van der Waals surface area contributed by atoms with Crippen LogP contribution in [0.15, 0.2) is 24.3 Å². The summed E-state index contributed by atoms with van der Waals surface area (Å²) in [5, 5.41) is 0. The Morgan fingerprint density at radius 1 is 0.354 bits per heavy atom. The molecule has 0 amide bonds. The van der Waals surface area contributed by atoms with Crippen molar-refractivity contribution in [3.05, 3.63) is 65.8 Å². The molecule has 0 N–H and O–H groups in total. The van der Waals surface area contributed by atoms with Gasteiger partial charge in [0, 0.05) is 98.1 Å². The minimum Gasteiger partial charge on any atom is -0.343 e. The molecule has 0 nitrogen and oxygen atoms in total. The second-order valence-corrected chi connectivity index (χ2v) is 16.1. The van der Waals surface area contributed by atoms with E-state index in [9.17, 15) is 0 Å². The summed E-state index contributed by atoms with van der Waals surface area (Å²) in [7, 11) is 0. The summed E-state index contributed by atoms with van der Waals surface area (Å²) < 4.78 is 0. The Hall–Kier alpha value is 2.66. The first-order valence-corrected chi connectivity index (χ1v) is 18.4. The molecule has 0 saturated carbocycles. The van der Waals surface area contributed by atoms with Crippen LogP contribution >= 0.6 is 0 Å². The first-order valence-electron chi connectivity index (χ1n) is 18.4. The molecule has 0 fully saturated rings. The van der Waals surface area contributed by atoms with Crippen molar-refractivity contribution in [1.29, 1.82) is 0 Å². The fraction of sp³-hybridized carbons (Fsp3) is 0.778. The third-order valence-corrected chi connectivity index (χ3v) is 3.68. The van der Waals surface area contributed by atoms with Gasteiger partial charge in [-0.2, -0.15) is 30.1 Å². The topological polar surface area (TPSA) is 0 Å². The molecule has 0 heterocycles. The SMILES string of the molecule is CC(C)CC(C)C.CC(C)CC=CCC(C)C.[CH2-]C(C)C.[CH2-]C(C)C.[CH2-]C(C)C.[CH2-]C(C)C.[CH2-]C=CCC(C)C.[CH2-]CC(C)C.[Y].[Y].[Y]. The molecule has 0 aromatic carbocycles. The van der Waals surface area contributed by atoms with E-state index in [2.05, 4.69) is 198 Å². The molecular weight excluding hydrogens is 807 g/mol. The van der Waals surface area contributed by atoms with E-state index in [1.54, 1.807) is 0 Å². The van der Waals surface area contributed by atoms with E-state index in [-0.39, 0.29) is 98.1 Å². The van der Waals surface area contributed by atoms with E-state index in [4.69, 9.17) is 0 Å². The molecular formula is C45H96Y3-6. The number of rotatable bonds is 9. The summed E-state index contributed by atoms with van der Waals surface area (Å²) in [5.74, 6) is 7.25. The van der Waals surface area contributed by atoms with Crippen LogP contribution in [0.2, 0.25) is 0 Å². The average molecular weight is 904 g/mol. The Labute approximate surface area is 389 Å². The van der Waals surface area contributed by atoms with Crippen LogP contribution in [0.1, 0.15) is 171 Å². The van der Waals surface area contributed by atoms with Crippen LogP contribution in [0.5, 0.6) is 0 Å². The standard InChI is InChI=1S/C10H20.C7H16.C7H13.C5H11.4C4H9.3Y/c1-9(2)7-5-6-8-10(3)4;1-6(2)5-7(3)4;1-4-5-6-7(2)3;1-4-5(2)3;4*1-4(2)3;;;/h5-6,9-10H,7-8H2,1-4H3;6-7H,5H2,1-4H3;4-5,7H,1,6H2,2-3H3;5H,1,4H2,2-3H3;4*4H,1H2,2-3H3;;;/q;;6*-1;;;. The third kappa shape index (κ3) is 286. The van der Waals surface area contributed by atoms with Crippen molar-refractivity contribution in [1.82, 2.24) is 0 Å². The molecule has 0 bridgehead atoms. The van der Waals surface area contributed by atoms with Gasteiger partial charge in [-0.15, -0.1) is 0 Å². The van der Waals surface area contributed by atoms with Crippen LogP contribution < -0.4 is 0 Å². The van der Waals surface area contributed by atoms with Crippen molar-refractivity contribution in [2.45, 2.75) is 171 Å². The van der Waals surface area contributed by atoms with Crippen LogP contribution in [0.25, 0.3) is 0 Å². The van der Waals surface area contributed by atoms with Gasteiger partial charge in [0.2, 0.25) is 0 Å². The molecule has 0 aliphatic heterocycles. The van der Waals surface area contributed by atoms with Crippen LogP contribution in [0.4, 0.5) is 0 Å². The maximum absolute atomic E-state index is 3.69. The first-order chi connectivity index (χ1) is 20.2. The van der Waals surface area contributed by atoms with Gasteiger partial charge in [0.15, 0.2) is 0 Å². The minimum absolute atomic E-state index is 0. The van der Waals surface area contributed by atoms with Crippen LogP contribution in [0, 0.1) is 101 Å². The normalized spacial score (nSPS) is 9.81. The second kappa shape index (κ2) is 67.8. The van der Waals surface area contributed by atoms with E-state index >= 15 is 0 Å². The number of allylic oxidation sites excluding steroid dienone is 4. The molecule has 3 heteroatoms. The first kappa shape index (κ1) is 79.4. The predicted octanol–water partition coefficient (Wildman–Crippen LogP) is 16.5. The Morgan fingerprint density at radius 2 is 0.521 bits per heavy atom. The Morgan fingerprint density at radius 3 is 0.583 bits per heavy atom. The zero-order chi connectivity index (χ0) is 38.1. The summed E-state index contributed by atoms with van der Waals surface area (Å²) in [6.45, 7) is 65.0. The number of hydrogen-bond donors (Lipinski definition) is 0. The van der Waals surface area contributed by atoms with Crippen molar-refractivity contribution in [2.75, 3.05) is 0 Å². The molecule has 0 spiro atoms. The molecule has 0 saturated heterocycles. The zero-order valence-corrected chi connectivity index (χ0v) is 46.1. The fourth-order valence-electron chi connectivity index (χ4n) is 2.05. The summed E-state index contributed by atoms with van der Waals surface area (Å²) >= 11 is 0. The van der Waals surface area contributed by atoms with Gasteiger partial charge in [-0.05, 0) is 42.9 Å². The van der Waals surface area contributed by atoms with Gasteiger partial charge in [0.1, 0.15) is 0 Å². The van der Waals surface area contributed by atoms with E-state index < -0.39 is 0 Å². The largest absolute Gasteiger partial charge is 0.343 e. The summed E-state index contributed by atoms with van der Waals surface area (Å²) in [5.41, 5.74) is 0. The molecule has 0 unspecified atom stereocenters. The van der Waals surface area contributed by atoms with Crippen molar-refractivity contribution in [3.8, 4) is 0 Å². The summed E-state index contributed by atoms with van der Waals surface area (Å²) in [6, 6.07) is 0. The molecule has 3 radical (unpaired) electrons. The zero-order valence-electron chi connectivity index (χ0n) is 37.6. The summed E-state index contributed by atoms with van der Waals surface area (Å²) in [6.07, 6.45) is 14.6. The quantitative estimate of drug-likeness (QED) is 0.160. The smallest absolute Gasteiger partial charge is 0 e. The van der Waals surface area contributed by atoms with Crippen LogP contribution in [-0.2, 0) is 98.1 Å². The van der Waals surface area contributed by atoms with Gasteiger partial charge in [0.05, 0.1) is 0 Å². The second-order valence-electron chi connectivity index (χ2n) is 16.1. The average Bonchev–Trinajstić information content (AvgIpc) is 2.79. The molecule has 0 aromatic heterocycles. The van der Waals surface area contributed by atoms with Gasteiger partial charge in [0.25, 0.3) is 0 Å². The molecule has 291 valence electrons. The van der Waals surface area contributed by atoms with Gasteiger partial charge in [-0.1, -0.05) is 169 Å². The van der Waals surface area contributed by atoms with E-state index in [1.807, 2.05) is 6.08 Å². The van der Waals surface area contributed by atoms with Crippen LogP contribution in [0.3, 0.4) is 0 Å². The summed E-state index contributed by atoms with van der Waals surface area (Å²) in [4.78, 5) is 0. The third-order valence-electron chi connectivity index (χ3n) is 3.68. The van der Waals surface area contributed by atoms with E-state index in [0.29, 0.717) is 23.7 Å². The molecule has 0 aromatic rings. The van der Waals surface area contributed by atoms with Gasteiger partial charge < -0.3 is 34.6 Å². The fourth-order valence-corrected chi connectivity index (χ4v) is 2.05. The maximum Gasteiger partial charge on any atom is 0 e. The van der Waals surface area contributed by atoms with Crippen molar-refractivity contribution >= 4 is 0 Å². The molecule has 48 heavy (non-hydrogen) atoms. The Balaban J connectivity index is -0.0000000368. The van der Waals surface area contributed by atoms with E-state index in [0.717, 1.165) is 48.3 Å². The van der Waals surface area contributed by atoms with Crippen molar-refractivity contribution in [3.63, 3.8) is 0 Å². The molecule has 0 atom stereocenters. The molecule has 0 aliphatic carbocycles. The minimum atomic E-state index is 0. The van der Waals surface area contributed by atoms with Gasteiger partial charge in [-0.25, -0.2) is 19.1 Å². The van der Waals surface area contributed by atoms with Gasteiger partial charge >= 0.3 is 0 Å². The van der Waals surface area contributed by atoms with E-state index in [1.165, 1.54) is 19.3 Å². The number of hydrogen-bond acceptors (Lipinski definition) is 0. The van der Waals surface area contributed by atoms with Crippen molar-refractivity contribution < 1.29 is 98.1 Å². The Bertz CT molecular complexity index is 429. The van der Waals surface area contributed by atoms with Gasteiger partial charge in [-0.3, -0.25) is 0 Å². The van der Waals surface area contributed by atoms with Crippen molar-refractivity contribution in [2.24, 2.45) is 59.2 Å². The monoisotopic (exact) mass is 903 g/mol. The molecule has 0 rings (SSSR count). The maximum atomic E-state index is 3.69. The van der Waals surface area contributed by atoms with Crippen LogP contribution in [-0.4, -0.2) is 0 Å². The predicted molar refractivity (Wildman–Crippen MR) is 222 cm³/mol. The Kier molecular flexibility index (Phi) is 112. The molecule has 0 aliphatic rings.